The summed E-state index contributed by atoms with van der Waals surface area (Å²) < 4.78 is 33.3. The van der Waals surface area contributed by atoms with Crippen LogP contribution in [0.15, 0.2) is 79.4 Å². The van der Waals surface area contributed by atoms with Crippen LogP contribution in [0.2, 0.25) is 0 Å². The van der Waals surface area contributed by atoms with E-state index >= 15 is 0 Å². The molecule has 0 saturated carbocycles. The molecule has 0 aliphatic rings. The molecule has 7 nitrogen and oxygen atoms in total. The number of esters is 1. The fraction of sp³-hybridized carbons (Fsp3) is 0.296. The third kappa shape index (κ3) is 8.42. The number of fused-ring (bicyclic) bond motifs is 1. The lowest BCUT2D eigenvalue weighted by atomic mass is 10.1. The molecule has 0 heterocycles. The van der Waals surface area contributed by atoms with Gasteiger partial charge in [-0.2, -0.15) is 0 Å². The van der Waals surface area contributed by atoms with Crippen molar-refractivity contribution in [2.75, 3.05) is 52.9 Å². The van der Waals surface area contributed by atoms with E-state index in [1.807, 2.05) is 66.7 Å². The standard InChI is InChI=1S/C27H30O7/c1-2-27(28)34-19-17-30-15-14-29-16-18-32-25-12-13-26(24-11-7-6-10-23(24)25)33-21-20-31-22-8-4-3-5-9-22/h2-13H,1,14-21H2. The second-order valence-electron chi connectivity index (χ2n) is 7.06. The van der Waals surface area contributed by atoms with Gasteiger partial charge in [0.1, 0.15) is 43.7 Å². The maximum absolute atomic E-state index is 10.9. The molecule has 7 heteroatoms. The first-order chi connectivity index (χ1) is 16.8. The van der Waals surface area contributed by atoms with E-state index in [1.54, 1.807) is 0 Å². The van der Waals surface area contributed by atoms with Gasteiger partial charge in [-0.3, -0.25) is 0 Å². The molecular formula is C27H30O7. The Morgan fingerprint density at radius 3 is 1.74 bits per heavy atom. The van der Waals surface area contributed by atoms with Crippen LogP contribution in [0.1, 0.15) is 0 Å². The monoisotopic (exact) mass is 466 g/mol. The molecule has 0 bridgehead atoms. The van der Waals surface area contributed by atoms with E-state index in [9.17, 15) is 4.79 Å². The first-order valence-electron chi connectivity index (χ1n) is 11.2. The highest BCUT2D eigenvalue weighted by Crippen LogP contribution is 2.33. The third-order valence-electron chi connectivity index (χ3n) is 4.69. The summed E-state index contributed by atoms with van der Waals surface area (Å²) in [4.78, 5) is 10.9. The lowest BCUT2D eigenvalue weighted by molar-refractivity contribution is -0.139. The Kier molecular flexibility index (Phi) is 10.7. The molecule has 3 aromatic carbocycles. The predicted molar refractivity (Wildman–Crippen MR) is 130 cm³/mol. The zero-order chi connectivity index (χ0) is 23.8. The SMILES string of the molecule is C=CC(=O)OCCOCCOCCOc1ccc(OCCOc2ccccc2)c2ccccc12. The molecule has 180 valence electrons. The molecule has 0 aliphatic carbocycles. The second kappa shape index (κ2) is 14.6. The molecule has 0 aliphatic heterocycles. The van der Waals surface area contributed by atoms with Gasteiger partial charge in [-0.1, -0.05) is 49.0 Å². The summed E-state index contributed by atoms with van der Waals surface area (Å²) in [6.45, 7) is 6.41. The quantitative estimate of drug-likeness (QED) is 0.176. The second-order valence-corrected chi connectivity index (χ2v) is 7.06. The minimum absolute atomic E-state index is 0.195. The summed E-state index contributed by atoms with van der Waals surface area (Å²) >= 11 is 0. The molecule has 0 N–H and O–H groups in total. The van der Waals surface area contributed by atoms with Crippen molar-refractivity contribution in [2.24, 2.45) is 0 Å². The van der Waals surface area contributed by atoms with E-state index < -0.39 is 5.97 Å². The highest BCUT2D eigenvalue weighted by Gasteiger charge is 2.08. The van der Waals surface area contributed by atoms with Gasteiger partial charge in [-0.25, -0.2) is 4.79 Å². The Morgan fingerprint density at radius 1 is 0.618 bits per heavy atom. The minimum atomic E-state index is -0.457. The van der Waals surface area contributed by atoms with Crippen molar-refractivity contribution in [3.63, 3.8) is 0 Å². The van der Waals surface area contributed by atoms with Crippen molar-refractivity contribution in [2.45, 2.75) is 0 Å². The summed E-state index contributed by atoms with van der Waals surface area (Å²) in [5.41, 5.74) is 0. The van der Waals surface area contributed by atoms with Crippen LogP contribution < -0.4 is 14.2 Å². The van der Waals surface area contributed by atoms with Crippen LogP contribution in [-0.4, -0.2) is 58.8 Å². The van der Waals surface area contributed by atoms with Gasteiger partial charge in [0.15, 0.2) is 0 Å². The van der Waals surface area contributed by atoms with Crippen molar-refractivity contribution in [3.8, 4) is 17.2 Å². The normalized spacial score (nSPS) is 10.6. The summed E-state index contributed by atoms with van der Waals surface area (Å²) in [7, 11) is 0. The Hall–Kier alpha value is -3.55. The molecular weight excluding hydrogens is 436 g/mol. The van der Waals surface area contributed by atoms with Crippen LogP contribution >= 0.6 is 0 Å². The topological polar surface area (TPSA) is 72.5 Å². The van der Waals surface area contributed by atoms with Gasteiger partial charge < -0.3 is 28.4 Å². The van der Waals surface area contributed by atoms with Gasteiger partial charge in [-0.05, 0) is 24.3 Å². The Balaban J connectivity index is 1.37. The molecule has 3 rings (SSSR count). The van der Waals surface area contributed by atoms with Crippen LogP contribution in [0.4, 0.5) is 0 Å². The van der Waals surface area contributed by atoms with Crippen molar-refractivity contribution < 1.29 is 33.2 Å². The van der Waals surface area contributed by atoms with Gasteiger partial charge in [0.25, 0.3) is 0 Å². The third-order valence-corrected chi connectivity index (χ3v) is 4.69. The van der Waals surface area contributed by atoms with Gasteiger partial charge >= 0.3 is 5.97 Å². The molecule has 34 heavy (non-hydrogen) atoms. The largest absolute Gasteiger partial charge is 0.491 e. The van der Waals surface area contributed by atoms with Crippen molar-refractivity contribution in [1.29, 1.82) is 0 Å². The zero-order valence-electron chi connectivity index (χ0n) is 19.1. The van der Waals surface area contributed by atoms with Crippen molar-refractivity contribution >= 4 is 16.7 Å². The molecule has 0 amide bonds. The first kappa shape index (κ1) is 25.1. The summed E-state index contributed by atoms with van der Waals surface area (Å²) in [6.07, 6.45) is 1.12. The predicted octanol–water partition coefficient (Wildman–Crippen LogP) is 4.44. The number of para-hydroxylation sites is 1. The summed E-state index contributed by atoms with van der Waals surface area (Å²) in [6, 6.07) is 21.4. The lowest BCUT2D eigenvalue weighted by Gasteiger charge is -2.14. The molecule has 0 aromatic heterocycles. The highest BCUT2D eigenvalue weighted by atomic mass is 16.6. The average Bonchev–Trinajstić information content (AvgIpc) is 2.88. The summed E-state index contributed by atoms with van der Waals surface area (Å²) in [5.74, 6) is 1.92. The van der Waals surface area contributed by atoms with E-state index in [4.69, 9.17) is 28.4 Å². The molecule has 0 fully saturated rings. The highest BCUT2D eigenvalue weighted by molar-refractivity contribution is 5.93. The number of hydrogen-bond donors (Lipinski definition) is 0. The van der Waals surface area contributed by atoms with E-state index in [2.05, 4.69) is 6.58 Å². The fourth-order valence-corrected chi connectivity index (χ4v) is 3.12. The number of hydrogen-bond acceptors (Lipinski definition) is 7. The van der Waals surface area contributed by atoms with Crippen LogP contribution in [0.5, 0.6) is 17.2 Å². The van der Waals surface area contributed by atoms with Gasteiger partial charge in [0.2, 0.25) is 0 Å². The smallest absolute Gasteiger partial charge is 0.330 e. The molecule has 3 aromatic rings. The van der Waals surface area contributed by atoms with Crippen molar-refractivity contribution in [1.82, 2.24) is 0 Å². The number of ether oxygens (including phenoxy) is 6. The molecule has 0 unspecified atom stereocenters. The first-order valence-corrected chi connectivity index (χ1v) is 11.2. The van der Waals surface area contributed by atoms with Crippen LogP contribution in [-0.2, 0) is 19.0 Å². The number of carbonyl (C=O) groups is 1. The van der Waals surface area contributed by atoms with E-state index in [-0.39, 0.29) is 6.61 Å². The van der Waals surface area contributed by atoms with Gasteiger partial charge in [-0.15, -0.1) is 0 Å². The maximum atomic E-state index is 10.9. The van der Waals surface area contributed by atoms with Gasteiger partial charge in [0.05, 0.1) is 26.4 Å². The number of rotatable bonds is 16. The van der Waals surface area contributed by atoms with Gasteiger partial charge in [0, 0.05) is 16.8 Å². The van der Waals surface area contributed by atoms with Crippen LogP contribution in [0, 0.1) is 0 Å². The average molecular weight is 467 g/mol. The van der Waals surface area contributed by atoms with Crippen LogP contribution in [0.3, 0.4) is 0 Å². The lowest BCUT2D eigenvalue weighted by Crippen LogP contribution is -2.13. The zero-order valence-corrected chi connectivity index (χ0v) is 19.1. The number of carbonyl (C=O) groups excluding carboxylic acids is 1. The Morgan fingerprint density at radius 2 is 1.12 bits per heavy atom. The van der Waals surface area contributed by atoms with E-state index in [0.717, 1.165) is 34.1 Å². The molecule has 0 radical (unpaired) electrons. The van der Waals surface area contributed by atoms with Crippen molar-refractivity contribution in [3.05, 3.63) is 79.4 Å². The molecule has 0 atom stereocenters. The van der Waals surface area contributed by atoms with E-state index in [0.29, 0.717) is 46.2 Å². The molecule has 0 spiro atoms. The fourth-order valence-electron chi connectivity index (χ4n) is 3.12. The minimum Gasteiger partial charge on any atom is -0.491 e. The maximum Gasteiger partial charge on any atom is 0.330 e. The Labute approximate surface area is 199 Å². The van der Waals surface area contributed by atoms with Crippen LogP contribution in [0.25, 0.3) is 10.8 Å². The molecule has 0 saturated heterocycles. The number of benzene rings is 3. The Bertz CT molecular complexity index is 1020. The van der Waals surface area contributed by atoms with E-state index in [1.165, 1.54) is 0 Å². The summed E-state index contributed by atoms with van der Waals surface area (Å²) in [5, 5.41) is 1.95.